The van der Waals surface area contributed by atoms with Crippen LogP contribution in [0, 0.1) is 0 Å². The Morgan fingerprint density at radius 3 is 2.78 bits per heavy atom. The van der Waals surface area contributed by atoms with Crippen molar-refractivity contribution < 1.29 is 14.6 Å². The molecule has 27 heavy (non-hydrogen) atoms. The van der Waals surface area contributed by atoms with E-state index in [1.165, 1.54) is 30.6 Å². The number of aromatic hydroxyl groups is 1. The fourth-order valence-corrected chi connectivity index (χ4v) is 4.52. The van der Waals surface area contributed by atoms with E-state index in [4.69, 9.17) is 4.74 Å². The molecule has 1 aromatic heterocycles. The molecule has 0 amide bonds. The van der Waals surface area contributed by atoms with Crippen molar-refractivity contribution >= 4 is 27.2 Å². The van der Waals surface area contributed by atoms with E-state index < -0.39 is 0 Å². The molecular formula is C22H23NO3S. The van der Waals surface area contributed by atoms with Crippen molar-refractivity contribution in [3.63, 3.8) is 0 Å². The van der Waals surface area contributed by atoms with Gasteiger partial charge in [-0.05, 0) is 79.7 Å². The minimum absolute atomic E-state index is 0.00588. The molecule has 1 fully saturated rings. The van der Waals surface area contributed by atoms with Gasteiger partial charge < -0.3 is 15.2 Å². The summed E-state index contributed by atoms with van der Waals surface area (Å²) in [5.41, 5.74) is 0.645. The summed E-state index contributed by atoms with van der Waals surface area (Å²) >= 11 is 1.40. The van der Waals surface area contributed by atoms with E-state index in [0.29, 0.717) is 23.1 Å². The molecule has 4 rings (SSSR count). The van der Waals surface area contributed by atoms with E-state index in [0.717, 1.165) is 28.8 Å². The lowest BCUT2D eigenvalue weighted by Gasteiger charge is -2.23. The molecule has 0 bridgehead atoms. The zero-order valence-electron chi connectivity index (χ0n) is 15.1. The number of fused-ring (bicyclic) bond motifs is 1. The molecule has 0 spiro atoms. The Balaban J connectivity index is 1.37. The molecule has 1 unspecified atom stereocenters. The smallest absolute Gasteiger partial charge is 0.202 e. The van der Waals surface area contributed by atoms with Gasteiger partial charge in [-0.15, -0.1) is 11.3 Å². The third-order valence-electron chi connectivity index (χ3n) is 4.99. The number of carbonyl (C=O) groups is 1. The van der Waals surface area contributed by atoms with Crippen molar-refractivity contribution in [3.05, 3.63) is 59.0 Å². The zero-order chi connectivity index (χ0) is 18.6. The zero-order valence-corrected chi connectivity index (χ0v) is 15.9. The van der Waals surface area contributed by atoms with Crippen LogP contribution in [0.15, 0.2) is 48.5 Å². The van der Waals surface area contributed by atoms with Crippen LogP contribution in [-0.4, -0.2) is 30.1 Å². The second-order valence-corrected chi connectivity index (χ2v) is 8.05. The minimum atomic E-state index is -0.00588. The Kier molecular flexibility index (Phi) is 5.41. The second kappa shape index (κ2) is 8.11. The summed E-state index contributed by atoms with van der Waals surface area (Å²) in [6.07, 6.45) is 4.80. The number of benzene rings is 2. The average Bonchev–Trinajstić information content (AvgIpc) is 3.12. The molecule has 1 saturated heterocycles. The third kappa shape index (κ3) is 4.31. The number of nitrogens with one attached hydrogen (secondary N) is 1. The quantitative estimate of drug-likeness (QED) is 0.605. The molecular weight excluding hydrogens is 358 g/mol. The van der Waals surface area contributed by atoms with Gasteiger partial charge in [-0.2, -0.15) is 0 Å². The number of ether oxygens (including phenoxy) is 1. The molecule has 0 radical (unpaired) electrons. The van der Waals surface area contributed by atoms with E-state index >= 15 is 0 Å². The van der Waals surface area contributed by atoms with Crippen molar-refractivity contribution in [1.29, 1.82) is 0 Å². The third-order valence-corrected chi connectivity index (χ3v) is 6.09. The van der Waals surface area contributed by atoms with Crippen LogP contribution in [0.25, 0.3) is 10.1 Å². The van der Waals surface area contributed by atoms with Crippen LogP contribution in [-0.2, 0) is 0 Å². The van der Waals surface area contributed by atoms with Gasteiger partial charge in [0.15, 0.2) is 0 Å². The first-order valence-electron chi connectivity index (χ1n) is 9.42. The standard InChI is InChI=1S/C22H23NO3S/c24-18-7-4-16-13-21(27-20(16)14-18)22(25)15-5-8-19(9-6-15)26-12-10-17-3-1-2-11-23-17/h4-9,13-14,17,23-24H,1-3,10-12H2. The van der Waals surface area contributed by atoms with Crippen molar-refractivity contribution in [1.82, 2.24) is 5.32 Å². The highest BCUT2D eigenvalue weighted by molar-refractivity contribution is 7.21. The van der Waals surface area contributed by atoms with Crippen molar-refractivity contribution in [3.8, 4) is 11.5 Å². The Morgan fingerprint density at radius 2 is 2.00 bits per heavy atom. The maximum Gasteiger partial charge on any atom is 0.202 e. The number of phenols is 1. The van der Waals surface area contributed by atoms with Crippen LogP contribution >= 0.6 is 11.3 Å². The van der Waals surface area contributed by atoms with Crippen molar-refractivity contribution in [2.75, 3.05) is 13.2 Å². The molecule has 1 aliphatic rings. The summed E-state index contributed by atoms with van der Waals surface area (Å²) < 4.78 is 6.75. The van der Waals surface area contributed by atoms with E-state index in [-0.39, 0.29) is 11.5 Å². The van der Waals surface area contributed by atoms with Gasteiger partial charge in [-0.3, -0.25) is 4.79 Å². The van der Waals surface area contributed by atoms with Gasteiger partial charge in [0, 0.05) is 16.3 Å². The lowest BCUT2D eigenvalue weighted by atomic mass is 10.0. The van der Waals surface area contributed by atoms with Gasteiger partial charge in [-0.25, -0.2) is 0 Å². The largest absolute Gasteiger partial charge is 0.508 e. The monoisotopic (exact) mass is 381 g/mol. The van der Waals surface area contributed by atoms with Gasteiger partial charge in [0.2, 0.25) is 5.78 Å². The second-order valence-electron chi connectivity index (χ2n) is 6.97. The molecule has 140 valence electrons. The lowest BCUT2D eigenvalue weighted by molar-refractivity contribution is 0.104. The Morgan fingerprint density at radius 1 is 1.15 bits per heavy atom. The molecule has 2 aromatic carbocycles. The maximum atomic E-state index is 12.7. The topological polar surface area (TPSA) is 58.6 Å². The van der Waals surface area contributed by atoms with Gasteiger partial charge in [0.05, 0.1) is 11.5 Å². The summed E-state index contributed by atoms with van der Waals surface area (Å²) in [5, 5.41) is 14.1. The van der Waals surface area contributed by atoms with Crippen LogP contribution in [0.1, 0.15) is 40.9 Å². The lowest BCUT2D eigenvalue weighted by Crippen LogP contribution is -2.35. The number of ketones is 1. The molecule has 2 N–H and O–H groups in total. The Hall–Kier alpha value is -2.37. The number of phenolic OH excluding ortho intramolecular Hbond substituents is 1. The number of piperidine rings is 1. The van der Waals surface area contributed by atoms with Crippen LogP contribution in [0.4, 0.5) is 0 Å². The Bertz CT molecular complexity index is 926. The predicted molar refractivity (Wildman–Crippen MR) is 109 cm³/mol. The van der Waals surface area contributed by atoms with Crippen LogP contribution < -0.4 is 10.1 Å². The van der Waals surface area contributed by atoms with Gasteiger partial charge in [0.1, 0.15) is 11.5 Å². The van der Waals surface area contributed by atoms with Gasteiger partial charge in [0.25, 0.3) is 0 Å². The van der Waals surface area contributed by atoms with Gasteiger partial charge >= 0.3 is 0 Å². The van der Waals surface area contributed by atoms with Crippen LogP contribution in [0.2, 0.25) is 0 Å². The highest BCUT2D eigenvalue weighted by Gasteiger charge is 2.14. The molecule has 2 heterocycles. The average molecular weight is 381 g/mol. The van der Waals surface area contributed by atoms with E-state index in [2.05, 4.69) is 5.32 Å². The summed E-state index contributed by atoms with van der Waals surface area (Å²) in [5.74, 6) is 1.01. The highest BCUT2D eigenvalue weighted by atomic mass is 32.1. The van der Waals surface area contributed by atoms with Gasteiger partial charge in [-0.1, -0.05) is 6.42 Å². The Labute approximate surface area is 162 Å². The first-order valence-corrected chi connectivity index (χ1v) is 10.2. The molecule has 0 aliphatic carbocycles. The number of rotatable bonds is 6. The predicted octanol–water partition coefficient (Wildman–Crippen LogP) is 4.75. The van der Waals surface area contributed by atoms with E-state index in [1.54, 1.807) is 12.1 Å². The normalized spacial score (nSPS) is 17.1. The number of hydrogen-bond acceptors (Lipinski definition) is 5. The number of carbonyl (C=O) groups excluding carboxylic acids is 1. The summed E-state index contributed by atoms with van der Waals surface area (Å²) in [6.45, 7) is 1.80. The summed E-state index contributed by atoms with van der Waals surface area (Å²) in [4.78, 5) is 13.4. The fraction of sp³-hybridized carbons (Fsp3) is 0.318. The SMILES string of the molecule is O=C(c1ccc(OCCC2CCCCN2)cc1)c1cc2ccc(O)cc2s1. The molecule has 4 nitrogen and oxygen atoms in total. The maximum absolute atomic E-state index is 12.7. The van der Waals surface area contributed by atoms with E-state index in [1.807, 2.05) is 36.4 Å². The molecule has 1 aliphatic heterocycles. The molecule has 0 saturated carbocycles. The minimum Gasteiger partial charge on any atom is -0.508 e. The first kappa shape index (κ1) is 18.0. The molecule has 3 aromatic rings. The highest BCUT2D eigenvalue weighted by Crippen LogP contribution is 2.30. The first-order chi connectivity index (χ1) is 13.2. The molecule has 1 atom stereocenters. The fourth-order valence-electron chi connectivity index (χ4n) is 3.47. The van der Waals surface area contributed by atoms with E-state index in [9.17, 15) is 9.90 Å². The number of hydrogen-bond donors (Lipinski definition) is 2. The van der Waals surface area contributed by atoms with Crippen LogP contribution in [0.3, 0.4) is 0 Å². The summed E-state index contributed by atoms with van der Waals surface area (Å²) in [7, 11) is 0. The number of thiophene rings is 1. The van der Waals surface area contributed by atoms with Crippen molar-refractivity contribution in [2.45, 2.75) is 31.7 Å². The molecule has 5 heteroatoms. The van der Waals surface area contributed by atoms with Crippen molar-refractivity contribution in [2.24, 2.45) is 0 Å². The van der Waals surface area contributed by atoms with Crippen LogP contribution in [0.5, 0.6) is 11.5 Å². The summed E-state index contributed by atoms with van der Waals surface area (Å²) in [6, 6.07) is 15.0.